The molecule has 4 fully saturated rings. The first kappa shape index (κ1) is 41.4. The quantitative estimate of drug-likeness (QED) is 0.108. The number of fused-ring (bicyclic) bond motifs is 5. The molecule has 0 spiro atoms. The zero-order valence-corrected chi connectivity index (χ0v) is 37.2. The molecule has 4 amide bonds. The van der Waals surface area contributed by atoms with Crippen LogP contribution in [0.5, 0.6) is 0 Å². The fraction of sp³-hybridized carbons (Fsp3) is 0.458. The van der Waals surface area contributed by atoms with E-state index in [1.807, 2.05) is 86.0 Å². The van der Waals surface area contributed by atoms with Crippen LogP contribution in [0.4, 0.5) is 9.59 Å². The fourth-order valence-electron chi connectivity index (χ4n) is 10.7. The Kier molecular flexibility index (Phi) is 10.1. The van der Waals surface area contributed by atoms with Crippen LogP contribution in [0.2, 0.25) is 0 Å². The molecular weight excluding hydrogens is 813 g/mol. The van der Waals surface area contributed by atoms with E-state index in [4.69, 9.17) is 29.4 Å². The molecule has 4 N–H and O–H groups in total. The highest BCUT2D eigenvalue weighted by Gasteiger charge is 2.62. The smallest absolute Gasteiger partial charge is 0.407 e. The first-order valence-corrected chi connectivity index (χ1v) is 22.3. The molecule has 2 saturated heterocycles. The van der Waals surface area contributed by atoms with E-state index in [0.717, 1.165) is 80.0 Å². The maximum absolute atomic E-state index is 14.1. The molecule has 64 heavy (non-hydrogen) atoms. The van der Waals surface area contributed by atoms with E-state index in [1.165, 1.54) is 14.2 Å². The molecule has 2 saturated carbocycles. The number of carbonyl (C=O) groups is 4. The van der Waals surface area contributed by atoms with Crippen LogP contribution in [0.25, 0.3) is 55.5 Å². The van der Waals surface area contributed by atoms with Gasteiger partial charge in [0.05, 0.1) is 71.3 Å². The number of hydrogen-bond acceptors (Lipinski definition) is 10. The molecule has 3 aromatic carbocycles. The molecule has 0 radical (unpaired) electrons. The van der Waals surface area contributed by atoms with E-state index in [9.17, 15) is 19.2 Å². The number of likely N-dealkylation sites (tertiary alicyclic amines) is 2. The van der Waals surface area contributed by atoms with Crippen molar-refractivity contribution >= 4 is 57.1 Å². The highest BCUT2D eigenvalue weighted by Crippen LogP contribution is 2.59. The number of rotatable bonds is 10. The van der Waals surface area contributed by atoms with Gasteiger partial charge in [0.1, 0.15) is 23.7 Å². The zero-order valence-electron chi connectivity index (χ0n) is 37.2. The van der Waals surface area contributed by atoms with Gasteiger partial charge in [0, 0.05) is 17.6 Å². The van der Waals surface area contributed by atoms with Crippen molar-refractivity contribution in [3.05, 3.63) is 72.4 Å². The van der Waals surface area contributed by atoms with Gasteiger partial charge < -0.3 is 39.9 Å². The summed E-state index contributed by atoms with van der Waals surface area (Å²) in [6, 6.07) is 16.5. The Bertz CT molecular complexity index is 2660. The minimum atomic E-state index is -0.709. The summed E-state index contributed by atoms with van der Waals surface area (Å²) in [6.45, 7) is 12.0. The van der Waals surface area contributed by atoms with Crippen molar-refractivity contribution in [2.45, 2.75) is 90.6 Å². The summed E-state index contributed by atoms with van der Waals surface area (Å²) in [7, 11) is 2.60. The summed E-state index contributed by atoms with van der Waals surface area (Å²) < 4.78 is 9.67. The standard InChI is InChI=1S/C48H54N10O6/c1-21(2)39(55-47(61)63-7)45(59)57-37(18-28-23(5)41(28)57)43-51-31-13-10-26(16-34(31)53-43)25-9-12-30-33(15-25)49-20-36(50-30)27-11-14-32-35(17-27)54-44(52-32)38-19-29-24(6)42(29)58(38)46(60)40(22(3)4)56-48(62)64-8/h9-17,20-24,28-29,37-42H,18-19H2,1-8H3,(H,51,53)(H,52,54)(H,55,61)(H,56,62)/t23-,24-,28?,29?,37+,38+,39+,40+,41?,42?/m1/s1. The number of H-pyrrole nitrogens is 2. The van der Waals surface area contributed by atoms with Gasteiger partial charge in [-0.1, -0.05) is 59.7 Å². The van der Waals surface area contributed by atoms with Gasteiger partial charge in [0.2, 0.25) is 11.8 Å². The Morgan fingerprint density at radius 1 is 0.625 bits per heavy atom. The highest BCUT2D eigenvalue weighted by atomic mass is 16.5. The first-order chi connectivity index (χ1) is 30.7. The lowest BCUT2D eigenvalue weighted by molar-refractivity contribution is -0.137. The van der Waals surface area contributed by atoms with Crippen molar-refractivity contribution in [1.29, 1.82) is 0 Å². The molecule has 0 bridgehead atoms. The maximum Gasteiger partial charge on any atom is 0.407 e. The lowest BCUT2D eigenvalue weighted by atomic mass is 10.0. The van der Waals surface area contributed by atoms with Crippen LogP contribution in [0.1, 0.15) is 78.1 Å². The number of aromatic amines is 2. The third kappa shape index (κ3) is 6.97. The van der Waals surface area contributed by atoms with Crippen LogP contribution >= 0.6 is 0 Å². The van der Waals surface area contributed by atoms with Crippen molar-refractivity contribution in [1.82, 2.24) is 50.3 Å². The molecule has 16 heteroatoms. The molecule has 4 unspecified atom stereocenters. The van der Waals surface area contributed by atoms with Crippen molar-refractivity contribution in [3.63, 3.8) is 0 Å². The average Bonchev–Trinajstić information content (AvgIpc) is 3.74. The van der Waals surface area contributed by atoms with E-state index in [-0.39, 0.29) is 47.8 Å². The zero-order chi connectivity index (χ0) is 44.9. The minimum Gasteiger partial charge on any atom is -0.453 e. The summed E-state index contributed by atoms with van der Waals surface area (Å²) >= 11 is 0. The summed E-state index contributed by atoms with van der Waals surface area (Å²) in [5.41, 5.74) is 8.39. The molecule has 6 aromatic rings. The Balaban J connectivity index is 0.875. The van der Waals surface area contributed by atoms with Crippen LogP contribution in [-0.4, -0.2) is 102 Å². The predicted molar refractivity (Wildman–Crippen MR) is 239 cm³/mol. The number of alkyl carbamates (subject to hydrolysis) is 2. The number of imidazole rings is 2. The molecule has 2 aliphatic carbocycles. The van der Waals surface area contributed by atoms with E-state index in [0.29, 0.717) is 23.7 Å². The molecule has 16 nitrogen and oxygen atoms in total. The third-order valence-corrected chi connectivity index (χ3v) is 14.4. The lowest BCUT2D eigenvalue weighted by Crippen LogP contribution is -2.52. The van der Waals surface area contributed by atoms with Gasteiger partial charge in [0.15, 0.2) is 0 Å². The molecule has 10 atom stereocenters. The number of carbonyl (C=O) groups excluding carboxylic acids is 4. The van der Waals surface area contributed by atoms with Crippen LogP contribution in [0, 0.1) is 35.5 Å². The van der Waals surface area contributed by atoms with Crippen molar-refractivity contribution < 1.29 is 28.7 Å². The lowest BCUT2D eigenvalue weighted by Gasteiger charge is -2.32. The predicted octanol–water partition coefficient (Wildman–Crippen LogP) is 7.29. The largest absolute Gasteiger partial charge is 0.453 e. The number of nitrogens with one attached hydrogen (secondary N) is 4. The third-order valence-electron chi connectivity index (χ3n) is 14.4. The second kappa shape index (κ2) is 15.6. The minimum absolute atomic E-state index is 0.112. The number of benzene rings is 3. The van der Waals surface area contributed by atoms with E-state index in [2.05, 4.69) is 40.5 Å². The summed E-state index contributed by atoms with van der Waals surface area (Å²) in [5, 5.41) is 5.52. The number of nitrogens with zero attached hydrogens (tertiary/aromatic N) is 6. The Morgan fingerprint density at radius 3 is 1.56 bits per heavy atom. The normalized spacial score (nSPS) is 25.4. The van der Waals surface area contributed by atoms with Gasteiger partial charge in [-0.05, 0) is 95.9 Å². The van der Waals surface area contributed by atoms with Crippen LogP contribution in [-0.2, 0) is 19.1 Å². The van der Waals surface area contributed by atoms with Crippen LogP contribution < -0.4 is 10.6 Å². The van der Waals surface area contributed by atoms with Gasteiger partial charge in [-0.25, -0.2) is 24.5 Å². The van der Waals surface area contributed by atoms with E-state index in [1.54, 1.807) is 6.20 Å². The fourth-order valence-corrected chi connectivity index (χ4v) is 10.7. The van der Waals surface area contributed by atoms with Crippen molar-refractivity contribution in [3.8, 4) is 22.4 Å². The van der Waals surface area contributed by atoms with Crippen molar-refractivity contribution in [2.75, 3.05) is 14.2 Å². The first-order valence-electron chi connectivity index (χ1n) is 22.3. The van der Waals surface area contributed by atoms with Crippen molar-refractivity contribution in [2.24, 2.45) is 35.5 Å². The Hall–Kier alpha value is -6.58. The molecule has 332 valence electrons. The molecule has 2 aliphatic heterocycles. The van der Waals surface area contributed by atoms with Gasteiger partial charge in [-0.15, -0.1) is 0 Å². The Morgan fingerprint density at radius 2 is 1.08 bits per heavy atom. The molecular formula is C48H54N10O6. The second-order valence-electron chi connectivity index (χ2n) is 18.9. The molecule has 3 aromatic heterocycles. The van der Waals surface area contributed by atoms with E-state index >= 15 is 0 Å². The second-order valence-corrected chi connectivity index (χ2v) is 18.9. The summed E-state index contributed by atoms with van der Waals surface area (Å²) in [5.74, 6) is 2.58. The summed E-state index contributed by atoms with van der Waals surface area (Å²) in [4.78, 5) is 83.2. The number of ether oxygens (including phenoxy) is 2. The van der Waals surface area contributed by atoms with Gasteiger partial charge >= 0.3 is 12.2 Å². The van der Waals surface area contributed by atoms with Crippen LogP contribution in [0.15, 0.2) is 60.8 Å². The number of amides is 4. The molecule has 5 heterocycles. The summed E-state index contributed by atoms with van der Waals surface area (Å²) in [6.07, 6.45) is 2.16. The Labute approximate surface area is 370 Å². The van der Waals surface area contributed by atoms with Crippen LogP contribution in [0.3, 0.4) is 0 Å². The van der Waals surface area contributed by atoms with E-state index < -0.39 is 24.3 Å². The molecule has 10 rings (SSSR count). The molecule has 4 aliphatic rings. The topological polar surface area (TPSA) is 200 Å². The van der Waals surface area contributed by atoms with Gasteiger partial charge in [0.25, 0.3) is 0 Å². The average molecular weight is 867 g/mol. The highest BCUT2D eigenvalue weighted by molar-refractivity contribution is 5.90. The number of piperidine rings is 2. The van der Waals surface area contributed by atoms with Gasteiger partial charge in [-0.3, -0.25) is 14.6 Å². The van der Waals surface area contributed by atoms with Gasteiger partial charge in [-0.2, -0.15) is 0 Å². The SMILES string of the molecule is COC(=O)N[C@H](C(=O)N1C2C(C[C@H]1c1nc3ccc(-c4ccc5nc(-c6ccc7nc([C@@H]8CC9C([C@@H]9C)N8C(=O)[C@@H](NC(=O)OC)C(C)C)[nH]c7c6)cnc5c4)cc3[nH]1)[C@H]2C)C(C)C. The number of methoxy groups -OCH3 is 2. The number of aromatic nitrogens is 6. The maximum atomic E-state index is 14.1. The monoisotopic (exact) mass is 866 g/mol. The number of hydrogen-bond donors (Lipinski definition) is 4.